The first-order valence-electron chi connectivity index (χ1n) is 9.15. The van der Waals surface area contributed by atoms with Crippen molar-refractivity contribution in [3.05, 3.63) is 60.2 Å². The van der Waals surface area contributed by atoms with Crippen molar-refractivity contribution in [2.24, 2.45) is 5.73 Å². The van der Waals surface area contributed by atoms with Crippen LogP contribution < -0.4 is 10.5 Å². The van der Waals surface area contributed by atoms with Gasteiger partial charge in [0.2, 0.25) is 0 Å². The molecule has 1 aliphatic rings. The van der Waals surface area contributed by atoms with Crippen molar-refractivity contribution in [1.82, 2.24) is 4.90 Å². The van der Waals surface area contributed by atoms with E-state index < -0.39 is 39.2 Å². The maximum atomic E-state index is 13.1. The highest BCUT2D eigenvalue weighted by Gasteiger charge is 2.55. The molecule has 9 nitrogen and oxygen atoms in total. The molecule has 2 unspecified atom stereocenters. The number of likely N-dealkylation sites (tertiary alicyclic amines) is 1. The first-order valence-corrected chi connectivity index (χ1v) is 10.7. The van der Waals surface area contributed by atoms with Crippen molar-refractivity contribution in [3.8, 4) is 5.75 Å². The molecule has 0 saturated carbocycles. The number of carboxylic acid groups (broad SMARTS) is 1. The fourth-order valence-electron chi connectivity index (χ4n) is 3.42. The second-order valence-corrected chi connectivity index (χ2v) is 9.19. The van der Waals surface area contributed by atoms with E-state index in [0.29, 0.717) is 12.4 Å². The van der Waals surface area contributed by atoms with Crippen LogP contribution >= 0.6 is 0 Å². The molecule has 10 heteroatoms. The highest BCUT2D eigenvalue weighted by atomic mass is 32.2. The van der Waals surface area contributed by atoms with E-state index in [1.54, 1.807) is 0 Å². The SMILES string of the molecule is NC(=O)N1CCC(S(=O)(=O)c2ccc(OCc3ccccc3)cc2)C(O)(C(=O)O)C1. The number of hydrogen-bond donors (Lipinski definition) is 3. The summed E-state index contributed by atoms with van der Waals surface area (Å²) in [5.74, 6) is -1.29. The van der Waals surface area contributed by atoms with Gasteiger partial charge in [0.25, 0.3) is 0 Å². The van der Waals surface area contributed by atoms with Crippen LogP contribution in [-0.4, -0.2) is 59.5 Å². The standard InChI is InChI=1S/C20H22N2O7S/c21-19(25)22-11-10-17(20(26,13-22)18(23)24)30(27,28)16-8-6-15(7-9-16)29-12-14-4-2-1-3-5-14/h1-9,17,26H,10-13H2,(H2,21,25)(H,23,24). The largest absolute Gasteiger partial charge is 0.489 e. The van der Waals surface area contributed by atoms with Crippen molar-refractivity contribution in [3.63, 3.8) is 0 Å². The van der Waals surface area contributed by atoms with Gasteiger partial charge in [-0.1, -0.05) is 30.3 Å². The number of amides is 2. The van der Waals surface area contributed by atoms with Gasteiger partial charge in [0, 0.05) is 6.54 Å². The van der Waals surface area contributed by atoms with Gasteiger partial charge in [0.1, 0.15) is 17.6 Å². The number of carboxylic acids is 1. The van der Waals surface area contributed by atoms with E-state index in [1.165, 1.54) is 24.3 Å². The quantitative estimate of drug-likeness (QED) is 0.614. The van der Waals surface area contributed by atoms with Crippen LogP contribution in [0.25, 0.3) is 0 Å². The number of ether oxygens (including phenoxy) is 1. The maximum Gasteiger partial charge on any atom is 0.338 e. The molecule has 2 aromatic carbocycles. The van der Waals surface area contributed by atoms with E-state index in [1.807, 2.05) is 30.3 Å². The first kappa shape index (κ1) is 21.6. The van der Waals surface area contributed by atoms with Crippen molar-refractivity contribution < 1.29 is 33.0 Å². The lowest BCUT2D eigenvalue weighted by molar-refractivity contribution is -0.162. The van der Waals surface area contributed by atoms with Gasteiger partial charge in [-0.2, -0.15) is 0 Å². The normalized spacial score (nSPS) is 21.8. The van der Waals surface area contributed by atoms with Gasteiger partial charge in [-0.15, -0.1) is 0 Å². The molecule has 2 atom stereocenters. The molecule has 2 aromatic rings. The Morgan fingerprint density at radius 2 is 1.77 bits per heavy atom. The minimum absolute atomic E-state index is 0.0763. The molecule has 0 aromatic heterocycles. The first-order chi connectivity index (χ1) is 14.1. The van der Waals surface area contributed by atoms with Crippen LogP contribution in [0.1, 0.15) is 12.0 Å². The fourth-order valence-corrected chi connectivity index (χ4v) is 5.37. The van der Waals surface area contributed by atoms with Crippen LogP contribution in [0.3, 0.4) is 0 Å². The number of aliphatic hydroxyl groups is 1. The highest BCUT2D eigenvalue weighted by Crippen LogP contribution is 2.33. The smallest absolute Gasteiger partial charge is 0.338 e. The Balaban J connectivity index is 1.80. The second kappa shape index (κ2) is 8.33. The van der Waals surface area contributed by atoms with Gasteiger partial charge in [-0.05, 0) is 36.2 Å². The number of benzene rings is 2. The van der Waals surface area contributed by atoms with Crippen LogP contribution in [-0.2, 0) is 21.2 Å². The number of nitrogens with two attached hydrogens (primary N) is 1. The molecule has 1 aliphatic heterocycles. The summed E-state index contributed by atoms with van der Waals surface area (Å²) in [6.07, 6.45) is -0.264. The topological polar surface area (TPSA) is 147 Å². The Morgan fingerprint density at radius 3 is 2.33 bits per heavy atom. The Labute approximate surface area is 173 Å². The molecule has 160 valence electrons. The summed E-state index contributed by atoms with van der Waals surface area (Å²) in [5, 5.41) is 18.5. The number of nitrogens with zero attached hydrogens (tertiary/aromatic N) is 1. The summed E-state index contributed by atoms with van der Waals surface area (Å²) in [4.78, 5) is 23.8. The number of aliphatic carboxylic acids is 1. The summed E-state index contributed by atoms with van der Waals surface area (Å²) in [7, 11) is -4.21. The van der Waals surface area contributed by atoms with Gasteiger partial charge in [-0.3, -0.25) is 0 Å². The van der Waals surface area contributed by atoms with Crippen LogP contribution in [0.4, 0.5) is 4.79 Å². The molecule has 0 spiro atoms. The van der Waals surface area contributed by atoms with Gasteiger partial charge >= 0.3 is 12.0 Å². The molecule has 0 aliphatic carbocycles. The summed E-state index contributed by atoms with van der Waals surface area (Å²) in [5.41, 5.74) is 3.44. The lowest BCUT2D eigenvalue weighted by Crippen LogP contribution is -2.65. The Kier molecular flexibility index (Phi) is 5.99. The average molecular weight is 434 g/mol. The minimum Gasteiger partial charge on any atom is -0.489 e. The molecular weight excluding hydrogens is 412 g/mol. The minimum atomic E-state index is -4.21. The molecule has 1 fully saturated rings. The van der Waals surface area contributed by atoms with Crippen molar-refractivity contribution in [1.29, 1.82) is 0 Å². The summed E-state index contributed by atoms with van der Waals surface area (Å²) in [6.45, 7) is -0.482. The van der Waals surface area contributed by atoms with Crippen LogP contribution in [0.15, 0.2) is 59.5 Å². The molecule has 1 heterocycles. The molecule has 4 N–H and O–H groups in total. The second-order valence-electron chi connectivity index (χ2n) is 7.06. The van der Waals surface area contributed by atoms with Gasteiger partial charge in [0.05, 0.1) is 11.4 Å². The van der Waals surface area contributed by atoms with Crippen LogP contribution in [0, 0.1) is 0 Å². The zero-order valence-corrected chi connectivity index (χ0v) is 16.8. The lowest BCUT2D eigenvalue weighted by atomic mass is 9.92. The highest BCUT2D eigenvalue weighted by molar-refractivity contribution is 7.92. The molecule has 3 rings (SSSR count). The van der Waals surface area contributed by atoms with Gasteiger partial charge in [0.15, 0.2) is 15.4 Å². The van der Waals surface area contributed by atoms with Gasteiger partial charge < -0.3 is 25.6 Å². The average Bonchev–Trinajstić information content (AvgIpc) is 2.73. The number of hydrogen-bond acceptors (Lipinski definition) is 6. The molecule has 2 amide bonds. The number of rotatable bonds is 6. The van der Waals surface area contributed by atoms with E-state index >= 15 is 0 Å². The molecular formula is C20H22N2O7S. The van der Waals surface area contributed by atoms with Crippen LogP contribution in [0.2, 0.25) is 0 Å². The third-order valence-electron chi connectivity index (χ3n) is 5.08. The predicted octanol–water partition coefficient (Wildman–Crippen LogP) is 1.01. The summed E-state index contributed by atoms with van der Waals surface area (Å²) in [6, 6.07) is 14.0. The van der Waals surface area contributed by atoms with E-state index in [9.17, 15) is 28.2 Å². The van der Waals surface area contributed by atoms with Crippen molar-refractivity contribution >= 4 is 21.8 Å². The molecule has 1 saturated heterocycles. The third kappa shape index (κ3) is 4.24. The Morgan fingerprint density at radius 1 is 1.13 bits per heavy atom. The Bertz CT molecular complexity index is 1020. The third-order valence-corrected chi connectivity index (χ3v) is 7.39. The lowest BCUT2D eigenvalue weighted by Gasteiger charge is -2.40. The maximum absolute atomic E-state index is 13.1. The van der Waals surface area contributed by atoms with Crippen LogP contribution in [0.5, 0.6) is 5.75 Å². The number of urea groups is 1. The summed E-state index contributed by atoms with van der Waals surface area (Å²) >= 11 is 0. The zero-order chi connectivity index (χ0) is 21.9. The van der Waals surface area contributed by atoms with Gasteiger partial charge in [-0.25, -0.2) is 18.0 Å². The predicted molar refractivity (Wildman–Crippen MR) is 107 cm³/mol. The zero-order valence-electron chi connectivity index (χ0n) is 16.0. The van der Waals surface area contributed by atoms with E-state index in [-0.39, 0.29) is 17.9 Å². The molecule has 0 bridgehead atoms. The monoisotopic (exact) mass is 434 g/mol. The van der Waals surface area contributed by atoms with E-state index in [4.69, 9.17) is 10.5 Å². The molecule has 30 heavy (non-hydrogen) atoms. The number of carbonyl (C=O) groups is 2. The number of carbonyl (C=O) groups excluding carboxylic acids is 1. The Hall–Kier alpha value is -3.11. The fraction of sp³-hybridized carbons (Fsp3) is 0.300. The summed E-state index contributed by atoms with van der Waals surface area (Å²) < 4.78 is 31.8. The number of β-amino-alcohol motifs (C(OH)–C–C–N with tert-alkyl or cyclic N) is 1. The number of sulfone groups is 1. The number of piperidine rings is 1. The molecule has 0 radical (unpaired) electrons. The number of primary amides is 1. The van der Waals surface area contributed by atoms with Crippen molar-refractivity contribution in [2.75, 3.05) is 13.1 Å². The van der Waals surface area contributed by atoms with Crippen molar-refractivity contribution in [2.45, 2.75) is 28.8 Å². The van der Waals surface area contributed by atoms with E-state index in [2.05, 4.69) is 0 Å². The van der Waals surface area contributed by atoms with E-state index in [0.717, 1.165) is 10.5 Å².